The molecule has 5 nitrogen and oxygen atoms in total. The Bertz CT molecular complexity index is 815. The van der Waals surface area contributed by atoms with Crippen molar-refractivity contribution in [1.82, 2.24) is 10.2 Å². The van der Waals surface area contributed by atoms with Gasteiger partial charge in [-0.25, -0.2) is 0 Å². The highest BCUT2D eigenvalue weighted by atomic mass is 16.5. The Morgan fingerprint density at radius 1 is 1.15 bits per heavy atom. The highest BCUT2D eigenvalue weighted by molar-refractivity contribution is 6.01. The van der Waals surface area contributed by atoms with Gasteiger partial charge in [-0.15, -0.1) is 0 Å². The minimum atomic E-state index is -0.534. The van der Waals surface area contributed by atoms with E-state index in [9.17, 15) is 9.59 Å². The lowest BCUT2D eigenvalue weighted by Gasteiger charge is -2.27. The zero-order valence-corrected chi connectivity index (χ0v) is 15.3. The van der Waals surface area contributed by atoms with Gasteiger partial charge in [0.05, 0.1) is 6.10 Å². The molecule has 0 saturated carbocycles. The van der Waals surface area contributed by atoms with E-state index in [4.69, 9.17) is 4.74 Å². The van der Waals surface area contributed by atoms with Crippen molar-refractivity contribution in [3.63, 3.8) is 0 Å². The SMILES string of the molecule is O=C(NC[C@H]1CCCO1)[C@H](Cc1ccccc1)N1Cc2ccccc2C1=O. The molecule has 0 radical (unpaired) electrons. The molecule has 27 heavy (non-hydrogen) atoms. The van der Waals surface area contributed by atoms with Crippen LogP contribution >= 0.6 is 0 Å². The van der Waals surface area contributed by atoms with Crippen molar-refractivity contribution in [2.24, 2.45) is 0 Å². The van der Waals surface area contributed by atoms with Gasteiger partial charge in [-0.3, -0.25) is 9.59 Å². The summed E-state index contributed by atoms with van der Waals surface area (Å²) in [6.07, 6.45) is 2.58. The molecule has 2 aromatic carbocycles. The number of hydrogen-bond donors (Lipinski definition) is 1. The number of ether oxygens (including phenoxy) is 1. The first-order valence-electron chi connectivity index (χ1n) is 9.54. The van der Waals surface area contributed by atoms with Crippen LogP contribution in [0.25, 0.3) is 0 Å². The van der Waals surface area contributed by atoms with Crippen LogP contribution in [0.15, 0.2) is 54.6 Å². The molecule has 2 aliphatic heterocycles. The van der Waals surface area contributed by atoms with E-state index >= 15 is 0 Å². The third kappa shape index (κ3) is 3.88. The van der Waals surface area contributed by atoms with Gasteiger partial charge in [-0.1, -0.05) is 48.5 Å². The minimum absolute atomic E-state index is 0.0706. The molecule has 4 rings (SSSR count). The number of nitrogens with zero attached hydrogens (tertiary/aromatic N) is 1. The predicted octanol–water partition coefficient (Wildman–Crippen LogP) is 2.55. The lowest BCUT2D eigenvalue weighted by Crippen LogP contribution is -2.49. The fourth-order valence-electron chi connectivity index (χ4n) is 3.85. The fraction of sp³-hybridized carbons (Fsp3) is 0.364. The summed E-state index contributed by atoms with van der Waals surface area (Å²) in [6, 6.07) is 16.9. The summed E-state index contributed by atoms with van der Waals surface area (Å²) in [6.45, 7) is 1.73. The Kier molecular flexibility index (Phi) is 5.21. The van der Waals surface area contributed by atoms with E-state index in [-0.39, 0.29) is 17.9 Å². The summed E-state index contributed by atoms with van der Waals surface area (Å²) in [7, 11) is 0. The summed E-state index contributed by atoms with van der Waals surface area (Å²) in [4.78, 5) is 27.6. The number of nitrogens with one attached hydrogen (secondary N) is 1. The van der Waals surface area contributed by atoms with Gasteiger partial charge in [0.2, 0.25) is 5.91 Å². The number of amides is 2. The molecule has 0 bridgehead atoms. The van der Waals surface area contributed by atoms with E-state index in [1.54, 1.807) is 4.90 Å². The number of carbonyl (C=O) groups is 2. The van der Waals surface area contributed by atoms with Crippen LogP contribution in [0.2, 0.25) is 0 Å². The second-order valence-electron chi connectivity index (χ2n) is 7.18. The Labute approximate surface area is 159 Å². The lowest BCUT2D eigenvalue weighted by molar-refractivity contribution is -0.126. The van der Waals surface area contributed by atoms with E-state index in [0.29, 0.717) is 25.1 Å². The largest absolute Gasteiger partial charge is 0.376 e. The van der Waals surface area contributed by atoms with Gasteiger partial charge in [-0.05, 0) is 30.0 Å². The number of benzene rings is 2. The maximum atomic E-state index is 13.0. The summed E-state index contributed by atoms with van der Waals surface area (Å²) in [5.41, 5.74) is 2.72. The van der Waals surface area contributed by atoms with Gasteiger partial charge in [0.15, 0.2) is 0 Å². The van der Waals surface area contributed by atoms with Crippen LogP contribution in [0.1, 0.15) is 34.3 Å². The van der Waals surface area contributed by atoms with E-state index in [1.165, 1.54) is 0 Å². The molecule has 0 aliphatic carbocycles. The molecule has 1 fully saturated rings. The molecule has 0 spiro atoms. The topological polar surface area (TPSA) is 58.6 Å². The van der Waals surface area contributed by atoms with Crippen LogP contribution in [0.5, 0.6) is 0 Å². The van der Waals surface area contributed by atoms with Crippen LogP contribution in [-0.4, -0.2) is 42.0 Å². The highest BCUT2D eigenvalue weighted by Gasteiger charge is 2.36. The summed E-state index contributed by atoms with van der Waals surface area (Å²) in [5.74, 6) is -0.186. The van der Waals surface area contributed by atoms with E-state index in [1.807, 2.05) is 54.6 Å². The normalized spacial score (nSPS) is 19.8. The van der Waals surface area contributed by atoms with Gasteiger partial charge < -0.3 is 15.0 Å². The molecular formula is C22H24N2O3. The molecule has 140 valence electrons. The first-order chi connectivity index (χ1) is 13.2. The molecule has 2 amide bonds. The smallest absolute Gasteiger partial charge is 0.255 e. The van der Waals surface area contributed by atoms with Crippen molar-refractivity contribution >= 4 is 11.8 Å². The molecule has 0 unspecified atom stereocenters. The van der Waals surface area contributed by atoms with Gasteiger partial charge in [-0.2, -0.15) is 0 Å². The fourth-order valence-corrected chi connectivity index (χ4v) is 3.85. The number of carbonyl (C=O) groups excluding carboxylic acids is 2. The predicted molar refractivity (Wildman–Crippen MR) is 102 cm³/mol. The molecule has 5 heteroatoms. The monoisotopic (exact) mass is 364 g/mol. The number of hydrogen-bond acceptors (Lipinski definition) is 3. The average Bonchev–Trinajstić information content (AvgIpc) is 3.33. The molecule has 2 heterocycles. The molecule has 1 N–H and O–H groups in total. The van der Waals surface area contributed by atoms with E-state index in [0.717, 1.165) is 30.6 Å². The first-order valence-corrected chi connectivity index (χ1v) is 9.54. The van der Waals surface area contributed by atoms with Crippen molar-refractivity contribution in [1.29, 1.82) is 0 Å². The molecule has 0 aromatic heterocycles. The van der Waals surface area contributed by atoms with Gasteiger partial charge >= 0.3 is 0 Å². The lowest BCUT2D eigenvalue weighted by atomic mass is 10.0. The third-order valence-corrected chi connectivity index (χ3v) is 5.33. The Hall–Kier alpha value is -2.66. The molecule has 1 saturated heterocycles. The van der Waals surface area contributed by atoms with Crippen LogP contribution in [0.4, 0.5) is 0 Å². The van der Waals surface area contributed by atoms with Gasteiger partial charge in [0.25, 0.3) is 5.91 Å². The van der Waals surface area contributed by atoms with Gasteiger partial charge in [0.1, 0.15) is 6.04 Å². The van der Waals surface area contributed by atoms with Crippen molar-refractivity contribution in [2.75, 3.05) is 13.2 Å². The van der Waals surface area contributed by atoms with E-state index in [2.05, 4.69) is 5.32 Å². The Balaban J connectivity index is 1.52. The average molecular weight is 364 g/mol. The third-order valence-electron chi connectivity index (χ3n) is 5.33. The standard InChI is InChI=1S/C22H24N2O3/c25-21(23-14-18-10-6-12-27-18)20(13-16-7-2-1-3-8-16)24-15-17-9-4-5-11-19(17)22(24)26/h1-5,7-9,11,18,20H,6,10,12-15H2,(H,23,25)/t18-,20+/m1/s1. The number of rotatable bonds is 6. The molecule has 2 atom stereocenters. The Morgan fingerprint density at radius 2 is 1.93 bits per heavy atom. The minimum Gasteiger partial charge on any atom is -0.376 e. The van der Waals surface area contributed by atoms with Gasteiger partial charge in [0, 0.05) is 31.7 Å². The summed E-state index contributed by atoms with van der Waals surface area (Å²) >= 11 is 0. The first kappa shape index (κ1) is 17.7. The maximum absolute atomic E-state index is 13.0. The number of fused-ring (bicyclic) bond motifs is 1. The summed E-state index contributed by atoms with van der Waals surface area (Å²) < 4.78 is 5.60. The Morgan fingerprint density at radius 3 is 2.67 bits per heavy atom. The van der Waals surface area contributed by atoms with Crippen molar-refractivity contribution < 1.29 is 14.3 Å². The van der Waals surface area contributed by atoms with Crippen molar-refractivity contribution in [3.8, 4) is 0 Å². The highest BCUT2D eigenvalue weighted by Crippen LogP contribution is 2.26. The quantitative estimate of drug-likeness (QED) is 0.857. The zero-order valence-electron chi connectivity index (χ0n) is 15.3. The second-order valence-corrected chi connectivity index (χ2v) is 7.18. The molecule has 2 aromatic rings. The van der Waals surface area contributed by atoms with Crippen LogP contribution in [0.3, 0.4) is 0 Å². The van der Waals surface area contributed by atoms with Crippen LogP contribution < -0.4 is 5.32 Å². The zero-order chi connectivity index (χ0) is 18.6. The molecular weight excluding hydrogens is 340 g/mol. The van der Waals surface area contributed by atoms with E-state index < -0.39 is 6.04 Å². The van der Waals surface area contributed by atoms with Crippen molar-refractivity contribution in [3.05, 3.63) is 71.3 Å². The summed E-state index contributed by atoms with van der Waals surface area (Å²) in [5, 5.41) is 3.01. The van der Waals surface area contributed by atoms with Crippen LogP contribution in [-0.2, 0) is 22.5 Å². The maximum Gasteiger partial charge on any atom is 0.255 e. The van der Waals surface area contributed by atoms with Crippen molar-refractivity contribution in [2.45, 2.75) is 38.0 Å². The second kappa shape index (κ2) is 7.92. The molecule has 2 aliphatic rings. The van der Waals surface area contributed by atoms with Crippen LogP contribution in [0, 0.1) is 0 Å².